The Balaban J connectivity index is 2.24. The van der Waals surface area contributed by atoms with E-state index in [9.17, 15) is 9.59 Å². The third-order valence-corrected chi connectivity index (χ3v) is 4.90. The van der Waals surface area contributed by atoms with Gasteiger partial charge in [0.05, 0.1) is 27.2 Å². The minimum atomic E-state index is -0.722. The van der Waals surface area contributed by atoms with Gasteiger partial charge >= 0.3 is 0 Å². The minimum absolute atomic E-state index is 0.0889. The molecule has 2 amide bonds. The van der Waals surface area contributed by atoms with Gasteiger partial charge in [-0.15, -0.1) is 0 Å². The number of amides is 2. The van der Waals surface area contributed by atoms with Crippen LogP contribution in [0.1, 0.15) is 18.1 Å². The second kappa shape index (κ2) is 11.4. The molecular formula is C22H27ClN2O5. The fourth-order valence-electron chi connectivity index (χ4n) is 2.96. The van der Waals surface area contributed by atoms with Crippen molar-refractivity contribution in [1.82, 2.24) is 10.2 Å². The van der Waals surface area contributed by atoms with Crippen molar-refractivity contribution in [2.45, 2.75) is 25.9 Å². The Labute approximate surface area is 181 Å². The van der Waals surface area contributed by atoms with Crippen molar-refractivity contribution < 1.29 is 24.2 Å². The van der Waals surface area contributed by atoms with Crippen LogP contribution in [0.15, 0.2) is 42.5 Å². The standard InChI is InChI=1S/C22H27ClN2O5/c1-15(22(28)24-10-11-26)25(14-16-4-7-18(23)8-5-16)21(27)13-17-6-9-19(29-2)20(12-17)30-3/h4-9,12,15,26H,10-11,13-14H2,1-3H3,(H,24,28). The molecule has 1 atom stereocenters. The molecule has 0 aliphatic rings. The Bertz CT molecular complexity index is 857. The quantitative estimate of drug-likeness (QED) is 0.599. The number of methoxy groups -OCH3 is 2. The van der Waals surface area contributed by atoms with E-state index in [1.54, 1.807) is 44.4 Å². The lowest BCUT2D eigenvalue weighted by Gasteiger charge is -2.29. The maximum atomic E-state index is 13.2. The zero-order valence-electron chi connectivity index (χ0n) is 17.4. The van der Waals surface area contributed by atoms with Crippen molar-refractivity contribution >= 4 is 23.4 Å². The number of nitrogens with zero attached hydrogens (tertiary/aromatic N) is 1. The third-order valence-electron chi connectivity index (χ3n) is 4.65. The van der Waals surface area contributed by atoms with E-state index in [0.29, 0.717) is 16.5 Å². The molecule has 2 aromatic carbocycles. The maximum Gasteiger partial charge on any atom is 0.242 e. The summed E-state index contributed by atoms with van der Waals surface area (Å²) in [5.74, 6) is 0.548. The van der Waals surface area contributed by atoms with Crippen molar-refractivity contribution in [1.29, 1.82) is 0 Å². The van der Waals surface area contributed by atoms with Gasteiger partial charge in [-0.3, -0.25) is 9.59 Å². The summed E-state index contributed by atoms with van der Waals surface area (Å²) in [5.41, 5.74) is 1.59. The minimum Gasteiger partial charge on any atom is -0.493 e. The fourth-order valence-corrected chi connectivity index (χ4v) is 3.09. The molecule has 2 N–H and O–H groups in total. The highest BCUT2D eigenvalue weighted by atomic mass is 35.5. The molecule has 0 saturated carbocycles. The van der Waals surface area contributed by atoms with Crippen LogP contribution in [0, 0.1) is 0 Å². The zero-order chi connectivity index (χ0) is 22.1. The van der Waals surface area contributed by atoms with Crippen LogP contribution in [0.25, 0.3) is 0 Å². The summed E-state index contributed by atoms with van der Waals surface area (Å²) in [6.45, 7) is 1.86. The number of benzene rings is 2. The Morgan fingerprint density at radius 2 is 1.70 bits per heavy atom. The molecule has 0 bridgehead atoms. The highest BCUT2D eigenvalue weighted by Gasteiger charge is 2.26. The molecule has 7 nitrogen and oxygen atoms in total. The molecule has 0 heterocycles. The zero-order valence-corrected chi connectivity index (χ0v) is 18.1. The summed E-state index contributed by atoms with van der Waals surface area (Å²) in [6.07, 6.45) is 0.0889. The van der Waals surface area contributed by atoms with Crippen molar-refractivity contribution in [2.75, 3.05) is 27.4 Å². The molecule has 0 aliphatic heterocycles. The topological polar surface area (TPSA) is 88.1 Å². The van der Waals surface area contributed by atoms with E-state index in [1.165, 1.54) is 12.0 Å². The maximum absolute atomic E-state index is 13.2. The number of aliphatic hydroxyl groups excluding tert-OH is 1. The molecule has 0 aliphatic carbocycles. The van der Waals surface area contributed by atoms with Crippen molar-refractivity contribution in [3.63, 3.8) is 0 Å². The van der Waals surface area contributed by atoms with Crippen LogP contribution in [0.4, 0.5) is 0 Å². The number of carbonyl (C=O) groups excluding carboxylic acids is 2. The van der Waals surface area contributed by atoms with E-state index in [4.69, 9.17) is 26.2 Å². The van der Waals surface area contributed by atoms with Gasteiger partial charge in [0.15, 0.2) is 11.5 Å². The average Bonchev–Trinajstić information content (AvgIpc) is 2.76. The summed E-state index contributed by atoms with van der Waals surface area (Å²) < 4.78 is 10.5. The van der Waals surface area contributed by atoms with Crippen LogP contribution in [0.3, 0.4) is 0 Å². The fraction of sp³-hybridized carbons (Fsp3) is 0.364. The number of carbonyl (C=O) groups is 2. The van der Waals surface area contributed by atoms with Crippen LogP contribution in [0.2, 0.25) is 5.02 Å². The van der Waals surface area contributed by atoms with Gasteiger partial charge in [-0.05, 0) is 42.3 Å². The predicted molar refractivity (Wildman–Crippen MR) is 115 cm³/mol. The molecule has 0 spiro atoms. The van der Waals surface area contributed by atoms with E-state index < -0.39 is 6.04 Å². The summed E-state index contributed by atoms with van der Waals surface area (Å²) in [4.78, 5) is 27.1. The first-order valence-electron chi connectivity index (χ1n) is 9.53. The Morgan fingerprint density at radius 1 is 1.07 bits per heavy atom. The SMILES string of the molecule is COc1ccc(CC(=O)N(Cc2ccc(Cl)cc2)C(C)C(=O)NCCO)cc1OC. The van der Waals surface area contributed by atoms with E-state index in [-0.39, 0.29) is 37.9 Å². The molecular weight excluding hydrogens is 408 g/mol. The number of nitrogens with one attached hydrogen (secondary N) is 1. The second-order valence-electron chi connectivity index (χ2n) is 6.70. The van der Waals surface area contributed by atoms with Crippen molar-refractivity contribution in [3.05, 3.63) is 58.6 Å². The highest BCUT2D eigenvalue weighted by molar-refractivity contribution is 6.30. The van der Waals surface area contributed by atoms with Crippen LogP contribution in [0.5, 0.6) is 11.5 Å². The number of halogens is 1. The summed E-state index contributed by atoms with van der Waals surface area (Å²) in [7, 11) is 3.08. The van der Waals surface area contributed by atoms with Crippen LogP contribution < -0.4 is 14.8 Å². The molecule has 0 radical (unpaired) electrons. The van der Waals surface area contributed by atoms with Gasteiger partial charge < -0.3 is 24.8 Å². The largest absolute Gasteiger partial charge is 0.493 e. The first-order chi connectivity index (χ1) is 14.4. The van der Waals surface area contributed by atoms with Crippen LogP contribution in [-0.2, 0) is 22.6 Å². The van der Waals surface area contributed by atoms with Crippen LogP contribution in [-0.4, -0.2) is 55.2 Å². The number of rotatable bonds is 10. The van der Waals surface area contributed by atoms with Gasteiger partial charge in [0, 0.05) is 18.1 Å². The normalized spacial score (nSPS) is 11.5. The average molecular weight is 435 g/mol. The lowest BCUT2D eigenvalue weighted by Crippen LogP contribution is -2.48. The smallest absolute Gasteiger partial charge is 0.242 e. The third kappa shape index (κ3) is 6.37. The number of hydrogen-bond donors (Lipinski definition) is 2. The molecule has 162 valence electrons. The summed E-state index contributed by atoms with van der Waals surface area (Å²) in [6, 6.07) is 11.7. The molecule has 0 fully saturated rings. The second-order valence-corrected chi connectivity index (χ2v) is 7.14. The van der Waals surface area contributed by atoms with Gasteiger partial charge in [0.2, 0.25) is 11.8 Å². The molecule has 1 unspecified atom stereocenters. The van der Waals surface area contributed by atoms with Crippen molar-refractivity contribution in [3.8, 4) is 11.5 Å². The van der Waals surface area contributed by atoms with E-state index in [1.807, 2.05) is 12.1 Å². The predicted octanol–water partition coefficient (Wildman–Crippen LogP) is 2.43. The van der Waals surface area contributed by atoms with E-state index in [0.717, 1.165) is 11.1 Å². The summed E-state index contributed by atoms with van der Waals surface area (Å²) >= 11 is 5.95. The lowest BCUT2D eigenvalue weighted by molar-refractivity contribution is -0.140. The number of hydrogen-bond acceptors (Lipinski definition) is 5. The van der Waals surface area contributed by atoms with Gasteiger partial charge in [0.25, 0.3) is 0 Å². The van der Waals surface area contributed by atoms with Crippen molar-refractivity contribution in [2.24, 2.45) is 0 Å². The molecule has 2 aromatic rings. The van der Waals surface area contributed by atoms with E-state index in [2.05, 4.69) is 5.32 Å². The Hall–Kier alpha value is -2.77. The molecule has 0 saturated heterocycles. The highest BCUT2D eigenvalue weighted by Crippen LogP contribution is 2.28. The van der Waals surface area contributed by atoms with Gasteiger partial charge in [-0.2, -0.15) is 0 Å². The molecule has 2 rings (SSSR count). The van der Waals surface area contributed by atoms with E-state index >= 15 is 0 Å². The number of ether oxygens (including phenoxy) is 2. The first-order valence-corrected chi connectivity index (χ1v) is 9.90. The number of aliphatic hydroxyl groups is 1. The molecule has 0 aromatic heterocycles. The van der Waals surface area contributed by atoms with Crippen LogP contribution >= 0.6 is 11.6 Å². The van der Waals surface area contributed by atoms with Gasteiger partial charge in [-0.25, -0.2) is 0 Å². The monoisotopic (exact) mass is 434 g/mol. The first kappa shape index (κ1) is 23.5. The molecule has 8 heteroatoms. The Morgan fingerprint density at radius 3 is 2.30 bits per heavy atom. The Kier molecular flexibility index (Phi) is 8.95. The molecule has 30 heavy (non-hydrogen) atoms. The van der Waals surface area contributed by atoms with Gasteiger partial charge in [0.1, 0.15) is 6.04 Å². The summed E-state index contributed by atoms with van der Waals surface area (Å²) in [5, 5.41) is 12.2. The lowest BCUT2D eigenvalue weighted by atomic mass is 10.1. The van der Waals surface area contributed by atoms with Gasteiger partial charge in [-0.1, -0.05) is 29.8 Å².